The van der Waals surface area contributed by atoms with Crippen LogP contribution in [0.25, 0.3) is 0 Å². The molecule has 0 aromatic rings. The van der Waals surface area contributed by atoms with E-state index in [1.807, 2.05) is 0 Å². The molecule has 0 bridgehead atoms. The largest absolute Gasteiger partial charge is 0.464 e. The fourth-order valence-corrected chi connectivity index (χ4v) is 0.971. The van der Waals surface area contributed by atoms with Crippen molar-refractivity contribution in [1.29, 1.82) is 0 Å². The van der Waals surface area contributed by atoms with Gasteiger partial charge >= 0.3 is 5.97 Å². The Balaban J connectivity index is 3.88. The normalized spacial score (nSPS) is 11.5. The molecular weight excluding hydrogens is 242 g/mol. The molecule has 18 heavy (non-hydrogen) atoms. The summed E-state index contributed by atoms with van der Waals surface area (Å²) < 4.78 is 9.30. The zero-order valence-electron chi connectivity index (χ0n) is 10.5. The van der Waals surface area contributed by atoms with E-state index in [1.165, 1.54) is 7.11 Å². The van der Waals surface area contributed by atoms with Crippen molar-refractivity contribution in [2.75, 3.05) is 33.4 Å². The number of hydrogen-bond donors (Lipinski definition) is 3. The first-order valence-corrected chi connectivity index (χ1v) is 5.48. The van der Waals surface area contributed by atoms with Crippen LogP contribution >= 0.6 is 0 Å². The summed E-state index contributed by atoms with van der Waals surface area (Å²) in [6.07, 6.45) is 0. The quantitative estimate of drug-likeness (QED) is 0.258. The van der Waals surface area contributed by atoms with E-state index in [9.17, 15) is 14.4 Å². The van der Waals surface area contributed by atoms with Crippen molar-refractivity contribution in [3.05, 3.63) is 0 Å². The van der Waals surface area contributed by atoms with Gasteiger partial charge in [0.05, 0.1) is 19.8 Å². The number of nitrogens with two attached hydrogens (primary N) is 1. The molecule has 0 saturated carbocycles. The molecule has 0 aromatic carbocycles. The first kappa shape index (κ1) is 16.3. The molecular formula is C10H19N3O5. The fraction of sp³-hybridized carbons (Fsp3) is 0.700. The van der Waals surface area contributed by atoms with E-state index >= 15 is 0 Å². The van der Waals surface area contributed by atoms with Gasteiger partial charge in [0.15, 0.2) is 6.04 Å². The highest BCUT2D eigenvalue weighted by Gasteiger charge is 2.23. The topological polar surface area (TPSA) is 120 Å². The van der Waals surface area contributed by atoms with Crippen LogP contribution in [0.4, 0.5) is 0 Å². The number of nitrogens with one attached hydrogen (secondary N) is 2. The summed E-state index contributed by atoms with van der Waals surface area (Å²) in [6.45, 7) is 2.20. The average Bonchev–Trinajstić information content (AvgIpc) is 2.35. The summed E-state index contributed by atoms with van der Waals surface area (Å²) in [5.74, 6) is -1.97. The Morgan fingerprint density at radius 3 is 2.50 bits per heavy atom. The van der Waals surface area contributed by atoms with Gasteiger partial charge in [0.1, 0.15) is 0 Å². The molecule has 2 amide bonds. The second-order valence-corrected chi connectivity index (χ2v) is 3.29. The minimum Gasteiger partial charge on any atom is -0.464 e. The Hall–Kier alpha value is -1.67. The molecule has 1 unspecified atom stereocenters. The second-order valence-electron chi connectivity index (χ2n) is 3.29. The van der Waals surface area contributed by atoms with Gasteiger partial charge in [-0.05, 0) is 6.92 Å². The number of hydrogen-bond acceptors (Lipinski definition) is 6. The molecule has 0 aliphatic carbocycles. The molecule has 0 aromatic heterocycles. The van der Waals surface area contributed by atoms with E-state index in [0.717, 1.165) is 0 Å². The summed E-state index contributed by atoms with van der Waals surface area (Å²) in [5.41, 5.74) is 5.32. The first-order valence-electron chi connectivity index (χ1n) is 5.48. The van der Waals surface area contributed by atoms with Crippen LogP contribution < -0.4 is 16.4 Å². The van der Waals surface area contributed by atoms with Crippen molar-refractivity contribution < 1.29 is 23.9 Å². The maximum atomic E-state index is 11.4. The van der Waals surface area contributed by atoms with Gasteiger partial charge < -0.3 is 25.8 Å². The highest BCUT2D eigenvalue weighted by Crippen LogP contribution is 1.85. The number of ether oxygens (including phenoxy) is 2. The van der Waals surface area contributed by atoms with Crippen LogP contribution in [0.2, 0.25) is 0 Å². The van der Waals surface area contributed by atoms with Gasteiger partial charge in [0.2, 0.25) is 11.8 Å². The molecule has 8 heteroatoms. The molecule has 0 radical (unpaired) electrons. The molecule has 0 saturated heterocycles. The van der Waals surface area contributed by atoms with E-state index in [-0.39, 0.29) is 13.2 Å². The van der Waals surface area contributed by atoms with E-state index in [0.29, 0.717) is 13.2 Å². The number of methoxy groups -OCH3 is 1. The van der Waals surface area contributed by atoms with Gasteiger partial charge in [-0.25, -0.2) is 4.79 Å². The van der Waals surface area contributed by atoms with E-state index in [2.05, 4.69) is 15.4 Å². The summed E-state index contributed by atoms with van der Waals surface area (Å²) in [5, 5.41) is 4.73. The smallest absolute Gasteiger partial charge is 0.332 e. The molecule has 1 atom stereocenters. The third kappa shape index (κ3) is 6.81. The summed E-state index contributed by atoms with van der Waals surface area (Å²) >= 11 is 0. The number of rotatable bonds is 8. The molecule has 104 valence electrons. The highest BCUT2D eigenvalue weighted by atomic mass is 16.5. The number of carbonyl (C=O) groups excluding carboxylic acids is 3. The molecule has 8 nitrogen and oxygen atoms in total. The van der Waals surface area contributed by atoms with Crippen molar-refractivity contribution in [3.8, 4) is 0 Å². The standard InChI is InChI=1S/C10H19N3O5/c1-3-18-10(16)8(11)9(15)13-6-7(14)12-4-5-17-2/h8H,3-6,11H2,1-2H3,(H,12,14)(H,13,15). The fourth-order valence-electron chi connectivity index (χ4n) is 0.971. The van der Waals surface area contributed by atoms with Gasteiger partial charge in [0.25, 0.3) is 0 Å². The highest BCUT2D eigenvalue weighted by molar-refractivity contribution is 6.02. The predicted octanol–water partition coefficient (Wildman–Crippen LogP) is -2.24. The molecule has 0 spiro atoms. The zero-order chi connectivity index (χ0) is 14.0. The summed E-state index contributed by atoms with van der Waals surface area (Å²) in [6, 6.07) is -1.42. The van der Waals surface area contributed by atoms with Crippen LogP contribution in [0, 0.1) is 0 Å². The molecule has 0 rings (SSSR count). The Labute approximate surface area is 105 Å². The van der Waals surface area contributed by atoms with Crippen LogP contribution in [0.15, 0.2) is 0 Å². The van der Waals surface area contributed by atoms with E-state index in [1.54, 1.807) is 6.92 Å². The number of esters is 1. The number of carbonyl (C=O) groups is 3. The van der Waals surface area contributed by atoms with Gasteiger partial charge in [-0.15, -0.1) is 0 Å². The van der Waals surface area contributed by atoms with Crippen LogP contribution in [0.1, 0.15) is 6.92 Å². The van der Waals surface area contributed by atoms with Crippen LogP contribution in [0.3, 0.4) is 0 Å². The second kappa shape index (κ2) is 9.37. The Bertz CT molecular complexity index is 295. The minimum atomic E-state index is -1.42. The van der Waals surface area contributed by atoms with E-state index in [4.69, 9.17) is 10.5 Å². The summed E-state index contributed by atoms with van der Waals surface area (Å²) in [4.78, 5) is 33.7. The maximum Gasteiger partial charge on any atom is 0.332 e. The van der Waals surface area contributed by atoms with Gasteiger partial charge in [-0.1, -0.05) is 0 Å². The van der Waals surface area contributed by atoms with Crippen LogP contribution in [-0.2, 0) is 23.9 Å². The maximum absolute atomic E-state index is 11.4. The number of amides is 2. The third-order valence-electron chi connectivity index (χ3n) is 1.87. The minimum absolute atomic E-state index is 0.136. The van der Waals surface area contributed by atoms with E-state index < -0.39 is 23.8 Å². The Morgan fingerprint density at radius 1 is 1.28 bits per heavy atom. The van der Waals surface area contributed by atoms with Crippen LogP contribution in [0.5, 0.6) is 0 Å². The monoisotopic (exact) mass is 261 g/mol. The van der Waals surface area contributed by atoms with Gasteiger partial charge in [0, 0.05) is 13.7 Å². The molecule has 0 aliphatic rings. The predicted molar refractivity (Wildman–Crippen MR) is 62.5 cm³/mol. The van der Waals surface area contributed by atoms with Crippen molar-refractivity contribution in [3.63, 3.8) is 0 Å². The van der Waals surface area contributed by atoms with Crippen molar-refractivity contribution in [1.82, 2.24) is 10.6 Å². The van der Waals surface area contributed by atoms with Crippen molar-refractivity contribution in [2.24, 2.45) is 5.73 Å². The zero-order valence-corrected chi connectivity index (χ0v) is 10.5. The van der Waals surface area contributed by atoms with Gasteiger partial charge in [-0.3, -0.25) is 9.59 Å². The molecule has 0 fully saturated rings. The van der Waals surface area contributed by atoms with Crippen molar-refractivity contribution >= 4 is 17.8 Å². The average molecular weight is 261 g/mol. The van der Waals surface area contributed by atoms with Crippen LogP contribution in [-0.4, -0.2) is 57.2 Å². The molecule has 0 heterocycles. The van der Waals surface area contributed by atoms with Crippen molar-refractivity contribution in [2.45, 2.75) is 13.0 Å². The molecule has 4 N–H and O–H groups in total. The first-order chi connectivity index (χ1) is 8.52. The lowest BCUT2D eigenvalue weighted by atomic mass is 10.3. The lowest BCUT2D eigenvalue weighted by Gasteiger charge is -2.11. The lowest BCUT2D eigenvalue weighted by Crippen LogP contribution is -2.49. The SMILES string of the molecule is CCOC(=O)C(N)C(=O)NCC(=O)NCCOC. The summed E-state index contributed by atoms with van der Waals surface area (Å²) in [7, 11) is 1.51. The molecule has 0 aliphatic heterocycles. The Kier molecular flexibility index (Phi) is 8.50. The third-order valence-corrected chi connectivity index (χ3v) is 1.87. The van der Waals surface area contributed by atoms with Gasteiger partial charge in [-0.2, -0.15) is 0 Å². The lowest BCUT2D eigenvalue weighted by molar-refractivity contribution is -0.148. The Morgan fingerprint density at radius 2 is 1.94 bits per heavy atom.